The van der Waals surface area contributed by atoms with Crippen molar-refractivity contribution in [1.29, 1.82) is 0 Å². The number of aliphatic hydroxyl groups excluding tert-OH is 1. The summed E-state index contributed by atoms with van der Waals surface area (Å²) in [6, 6.07) is 0.407. The summed E-state index contributed by atoms with van der Waals surface area (Å²) in [6.45, 7) is 12.5. The standard InChI is InChI=1S/C16H33NO2/c1-13(2)7-6-8-15(5)9-10-19-12-16(18)11-17-14(3)4/h7,14-18H,6,8-12H2,1-5H3. The molecule has 0 saturated heterocycles. The molecular formula is C16H33NO2. The fourth-order valence-corrected chi connectivity index (χ4v) is 1.74. The van der Waals surface area contributed by atoms with E-state index in [0.29, 0.717) is 25.1 Å². The first-order chi connectivity index (χ1) is 8.91. The Kier molecular flexibility index (Phi) is 11.2. The molecule has 0 aliphatic carbocycles. The third-order valence-corrected chi connectivity index (χ3v) is 3.04. The molecule has 0 bridgehead atoms. The summed E-state index contributed by atoms with van der Waals surface area (Å²) >= 11 is 0. The van der Waals surface area contributed by atoms with Crippen LogP contribution < -0.4 is 5.32 Å². The van der Waals surface area contributed by atoms with E-state index in [2.05, 4.69) is 46.0 Å². The van der Waals surface area contributed by atoms with Crippen molar-refractivity contribution in [3.63, 3.8) is 0 Å². The third-order valence-electron chi connectivity index (χ3n) is 3.04. The Hall–Kier alpha value is -0.380. The van der Waals surface area contributed by atoms with Gasteiger partial charge in [0, 0.05) is 19.2 Å². The minimum atomic E-state index is -0.400. The molecule has 0 saturated carbocycles. The van der Waals surface area contributed by atoms with Gasteiger partial charge in [-0.3, -0.25) is 0 Å². The predicted octanol–water partition coefficient (Wildman–Crippen LogP) is 3.13. The van der Waals surface area contributed by atoms with Crippen LogP contribution in [0, 0.1) is 5.92 Å². The van der Waals surface area contributed by atoms with E-state index in [1.807, 2.05) is 0 Å². The van der Waals surface area contributed by atoms with Gasteiger partial charge in [0.25, 0.3) is 0 Å². The maximum absolute atomic E-state index is 9.67. The van der Waals surface area contributed by atoms with Gasteiger partial charge in [0.05, 0.1) is 12.7 Å². The van der Waals surface area contributed by atoms with Crippen LogP contribution in [0.2, 0.25) is 0 Å². The first-order valence-corrected chi connectivity index (χ1v) is 7.54. The van der Waals surface area contributed by atoms with Gasteiger partial charge in [0.1, 0.15) is 0 Å². The summed E-state index contributed by atoms with van der Waals surface area (Å²) in [5, 5.41) is 12.9. The Morgan fingerprint density at radius 1 is 1.21 bits per heavy atom. The van der Waals surface area contributed by atoms with Crippen LogP contribution in [0.3, 0.4) is 0 Å². The molecule has 0 aliphatic rings. The van der Waals surface area contributed by atoms with Crippen molar-refractivity contribution in [1.82, 2.24) is 5.32 Å². The van der Waals surface area contributed by atoms with E-state index < -0.39 is 6.10 Å². The van der Waals surface area contributed by atoms with Crippen LogP contribution in [-0.4, -0.2) is 37.0 Å². The first-order valence-electron chi connectivity index (χ1n) is 7.54. The number of allylic oxidation sites excluding steroid dienone is 2. The first kappa shape index (κ1) is 18.6. The summed E-state index contributed by atoms with van der Waals surface area (Å²) in [5.41, 5.74) is 1.39. The van der Waals surface area contributed by atoms with Gasteiger partial charge >= 0.3 is 0 Å². The quantitative estimate of drug-likeness (QED) is 0.448. The van der Waals surface area contributed by atoms with Gasteiger partial charge in [0.2, 0.25) is 0 Å². The molecule has 0 heterocycles. The molecule has 3 nitrogen and oxygen atoms in total. The minimum absolute atomic E-state index is 0.400. The Labute approximate surface area is 119 Å². The van der Waals surface area contributed by atoms with E-state index >= 15 is 0 Å². The molecule has 0 fully saturated rings. The van der Waals surface area contributed by atoms with Crippen molar-refractivity contribution in [2.45, 2.75) is 66.0 Å². The van der Waals surface area contributed by atoms with E-state index in [-0.39, 0.29) is 0 Å². The highest BCUT2D eigenvalue weighted by Crippen LogP contribution is 2.11. The van der Waals surface area contributed by atoms with Gasteiger partial charge in [-0.25, -0.2) is 0 Å². The van der Waals surface area contributed by atoms with Crippen LogP contribution in [0.15, 0.2) is 11.6 Å². The molecule has 19 heavy (non-hydrogen) atoms. The molecule has 0 amide bonds. The van der Waals surface area contributed by atoms with Crippen molar-refractivity contribution in [2.75, 3.05) is 19.8 Å². The second kappa shape index (κ2) is 11.4. The average molecular weight is 271 g/mol. The van der Waals surface area contributed by atoms with Gasteiger partial charge in [-0.15, -0.1) is 0 Å². The number of rotatable bonds is 11. The second-order valence-electron chi connectivity index (χ2n) is 6.04. The number of hydrogen-bond acceptors (Lipinski definition) is 3. The van der Waals surface area contributed by atoms with Crippen molar-refractivity contribution >= 4 is 0 Å². The zero-order valence-electron chi connectivity index (χ0n) is 13.4. The van der Waals surface area contributed by atoms with E-state index in [9.17, 15) is 5.11 Å². The summed E-state index contributed by atoms with van der Waals surface area (Å²) in [6.07, 6.45) is 5.33. The lowest BCUT2D eigenvalue weighted by Gasteiger charge is -2.15. The minimum Gasteiger partial charge on any atom is -0.389 e. The molecule has 0 aromatic rings. The highest BCUT2D eigenvalue weighted by molar-refractivity contribution is 4.92. The van der Waals surface area contributed by atoms with E-state index in [1.54, 1.807) is 0 Å². The van der Waals surface area contributed by atoms with Gasteiger partial charge < -0.3 is 15.2 Å². The maximum atomic E-state index is 9.67. The summed E-state index contributed by atoms with van der Waals surface area (Å²) in [4.78, 5) is 0. The molecule has 0 aromatic carbocycles. The van der Waals surface area contributed by atoms with Crippen molar-refractivity contribution in [3.05, 3.63) is 11.6 Å². The SMILES string of the molecule is CC(C)=CCCC(C)CCOCC(O)CNC(C)C. The van der Waals surface area contributed by atoms with Crippen LogP contribution in [0.4, 0.5) is 0 Å². The number of ether oxygens (including phenoxy) is 1. The van der Waals surface area contributed by atoms with Crippen LogP contribution in [0.25, 0.3) is 0 Å². The molecule has 2 atom stereocenters. The fraction of sp³-hybridized carbons (Fsp3) is 0.875. The molecule has 0 aromatic heterocycles. The maximum Gasteiger partial charge on any atom is 0.0897 e. The zero-order valence-corrected chi connectivity index (χ0v) is 13.4. The smallest absolute Gasteiger partial charge is 0.0897 e. The number of nitrogens with one attached hydrogen (secondary N) is 1. The van der Waals surface area contributed by atoms with Crippen LogP contribution in [0.1, 0.15) is 53.9 Å². The molecule has 2 unspecified atom stereocenters. The lowest BCUT2D eigenvalue weighted by Crippen LogP contribution is -2.34. The van der Waals surface area contributed by atoms with Crippen molar-refractivity contribution in [2.24, 2.45) is 5.92 Å². The highest BCUT2D eigenvalue weighted by atomic mass is 16.5. The molecule has 114 valence electrons. The molecular weight excluding hydrogens is 238 g/mol. The largest absolute Gasteiger partial charge is 0.389 e. The zero-order chi connectivity index (χ0) is 14.7. The Balaban J connectivity index is 3.44. The fourth-order valence-electron chi connectivity index (χ4n) is 1.74. The van der Waals surface area contributed by atoms with E-state index in [4.69, 9.17) is 4.74 Å². The molecule has 0 spiro atoms. The Bertz CT molecular complexity index is 235. The van der Waals surface area contributed by atoms with Crippen LogP contribution in [0.5, 0.6) is 0 Å². The second-order valence-corrected chi connectivity index (χ2v) is 6.04. The summed E-state index contributed by atoms with van der Waals surface area (Å²) < 4.78 is 5.52. The molecule has 0 radical (unpaired) electrons. The molecule has 0 rings (SSSR count). The molecule has 3 heteroatoms. The van der Waals surface area contributed by atoms with Crippen LogP contribution in [-0.2, 0) is 4.74 Å². The Morgan fingerprint density at radius 3 is 2.47 bits per heavy atom. The molecule has 2 N–H and O–H groups in total. The van der Waals surface area contributed by atoms with E-state index in [1.165, 1.54) is 12.0 Å². The summed E-state index contributed by atoms with van der Waals surface area (Å²) in [7, 11) is 0. The van der Waals surface area contributed by atoms with Gasteiger partial charge in [0.15, 0.2) is 0 Å². The lowest BCUT2D eigenvalue weighted by atomic mass is 10.0. The normalized spacial score (nSPS) is 14.5. The van der Waals surface area contributed by atoms with Gasteiger partial charge in [-0.05, 0) is 39.0 Å². The average Bonchev–Trinajstić information content (AvgIpc) is 2.31. The van der Waals surface area contributed by atoms with Crippen molar-refractivity contribution in [3.8, 4) is 0 Å². The monoisotopic (exact) mass is 271 g/mol. The highest BCUT2D eigenvalue weighted by Gasteiger charge is 2.06. The molecule has 0 aliphatic heterocycles. The van der Waals surface area contributed by atoms with Gasteiger partial charge in [-0.2, -0.15) is 0 Å². The third kappa shape index (κ3) is 13.8. The number of hydrogen-bond donors (Lipinski definition) is 2. The number of aliphatic hydroxyl groups is 1. The van der Waals surface area contributed by atoms with E-state index in [0.717, 1.165) is 19.4 Å². The summed E-state index contributed by atoms with van der Waals surface area (Å²) in [5.74, 6) is 0.682. The topological polar surface area (TPSA) is 41.5 Å². The lowest BCUT2D eigenvalue weighted by molar-refractivity contribution is 0.0313. The van der Waals surface area contributed by atoms with Crippen molar-refractivity contribution < 1.29 is 9.84 Å². The van der Waals surface area contributed by atoms with Gasteiger partial charge in [-0.1, -0.05) is 32.4 Å². The van der Waals surface area contributed by atoms with Crippen LogP contribution >= 0.6 is 0 Å². The predicted molar refractivity (Wildman–Crippen MR) is 82.4 cm³/mol. The Morgan fingerprint density at radius 2 is 1.89 bits per heavy atom.